The molecule has 1 aliphatic heterocycles. The van der Waals surface area contributed by atoms with Crippen molar-refractivity contribution >= 4 is 23.3 Å². The summed E-state index contributed by atoms with van der Waals surface area (Å²) in [6.45, 7) is 0.774. The third-order valence-electron chi connectivity index (χ3n) is 4.83. The average molecular weight is 430 g/mol. The number of ether oxygens (including phenoxy) is 1. The number of hydrogen-bond donors (Lipinski definition) is 2. The fourth-order valence-corrected chi connectivity index (χ4v) is 3.21. The van der Waals surface area contributed by atoms with E-state index in [9.17, 15) is 27.9 Å². The van der Waals surface area contributed by atoms with Gasteiger partial charge in [-0.1, -0.05) is 0 Å². The lowest BCUT2D eigenvalue weighted by Crippen LogP contribution is -2.43. The van der Waals surface area contributed by atoms with Crippen LogP contribution in [-0.4, -0.2) is 69.6 Å². The second-order valence-electron chi connectivity index (χ2n) is 6.92. The molecule has 1 saturated heterocycles. The molecule has 30 heavy (non-hydrogen) atoms. The highest BCUT2D eigenvalue weighted by atomic mass is 19.4. The molecule has 1 amide bonds. The van der Waals surface area contributed by atoms with Crippen molar-refractivity contribution in [1.82, 2.24) is 25.1 Å². The van der Waals surface area contributed by atoms with E-state index in [1.54, 1.807) is 11.0 Å². The van der Waals surface area contributed by atoms with Gasteiger partial charge in [0.1, 0.15) is 5.82 Å². The highest BCUT2D eigenvalue weighted by Crippen LogP contribution is 2.28. The van der Waals surface area contributed by atoms with Gasteiger partial charge in [-0.2, -0.15) is 17.7 Å². The number of fused-ring (bicyclic) bond motifs is 1. The molecule has 1 aliphatic rings. The van der Waals surface area contributed by atoms with Gasteiger partial charge in [0, 0.05) is 25.6 Å². The molecule has 2 aromatic rings. The van der Waals surface area contributed by atoms with Gasteiger partial charge < -0.3 is 20.1 Å². The molecule has 2 aromatic heterocycles. The van der Waals surface area contributed by atoms with Crippen molar-refractivity contribution in [3.8, 4) is 0 Å². The van der Waals surface area contributed by atoms with Crippen LogP contribution in [0.1, 0.15) is 25.1 Å². The molecule has 0 aromatic carbocycles. The number of esters is 1. The molecular formula is C17H21F3N6O4. The van der Waals surface area contributed by atoms with Crippen LogP contribution in [0.25, 0.3) is 5.65 Å². The monoisotopic (exact) mass is 430 g/mol. The molecular weight excluding hydrogens is 409 g/mol. The Morgan fingerprint density at radius 2 is 2.00 bits per heavy atom. The number of hydrogen-bond acceptors (Lipinski definition) is 8. The lowest BCUT2D eigenvalue weighted by molar-refractivity contribution is -0.146. The van der Waals surface area contributed by atoms with E-state index in [1.807, 2.05) is 0 Å². The van der Waals surface area contributed by atoms with Crippen LogP contribution in [0, 0.1) is 5.92 Å². The van der Waals surface area contributed by atoms with E-state index in [0.29, 0.717) is 36.3 Å². The zero-order valence-electron chi connectivity index (χ0n) is 16.1. The predicted octanol–water partition coefficient (Wildman–Crippen LogP) is 0.400. The summed E-state index contributed by atoms with van der Waals surface area (Å²) < 4.78 is 44.2. The lowest BCUT2D eigenvalue weighted by atomic mass is 9.96. The van der Waals surface area contributed by atoms with E-state index >= 15 is 0 Å². The van der Waals surface area contributed by atoms with E-state index in [0.717, 1.165) is 0 Å². The molecule has 1 fully saturated rings. The molecule has 3 heterocycles. The maximum absolute atomic E-state index is 13.0. The summed E-state index contributed by atoms with van der Waals surface area (Å²) >= 11 is 0. The number of carbonyl (C=O) groups is 2. The van der Waals surface area contributed by atoms with E-state index in [1.165, 1.54) is 13.2 Å². The molecule has 0 saturated carbocycles. The Kier molecular flexibility index (Phi) is 6.39. The Morgan fingerprint density at radius 3 is 2.63 bits per heavy atom. The minimum absolute atomic E-state index is 0.00847. The first-order chi connectivity index (χ1) is 14.2. The number of nitrogens with zero attached hydrogens (tertiary/aromatic N) is 5. The van der Waals surface area contributed by atoms with Crippen molar-refractivity contribution in [1.29, 1.82) is 0 Å². The molecule has 10 nitrogen and oxygen atoms in total. The summed E-state index contributed by atoms with van der Waals surface area (Å²) in [5.74, 6) is -1.99. The molecule has 0 bridgehead atoms. The van der Waals surface area contributed by atoms with E-state index in [2.05, 4.69) is 25.3 Å². The fourth-order valence-electron chi connectivity index (χ4n) is 3.21. The number of halogens is 3. The summed E-state index contributed by atoms with van der Waals surface area (Å²) in [4.78, 5) is 25.2. The molecule has 3 rings (SSSR count). The number of piperidine rings is 1. The average Bonchev–Trinajstić information content (AvgIpc) is 3.15. The first kappa shape index (κ1) is 21.7. The van der Waals surface area contributed by atoms with Crippen LogP contribution >= 0.6 is 0 Å². The van der Waals surface area contributed by atoms with Crippen LogP contribution in [-0.2, 0) is 20.5 Å². The van der Waals surface area contributed by atoms with Crippen molar-refractivity contribution < 1.29 is 32.6 Å². The topological polar surface area (TPSA) is 122 Å². The van der Waals surface area contributed by atoms with Gasteiger partial charge in [-0.05, 0) is 25.0 Å². The van der Waals surface area contributed by atoms with Gasteiger partial charge in [0.2, 0.25) is 5.91 Å². The maximum Gasteiger partial charge on any atom is 0.453 e. The van der Waals surface area contributed by atoms with Gasteiger partial charge in [-0.25, -0.2) is 0 Å². The second kappa shape index (κ2) is 8.81. The highest BCUT2D eigenvalue weighted by molar-refractivity contribution is 5.79. The van der Waals surface area contributed by atoms with Crippen molar-refractivity contribution in [2.75, 3.05) is 31.6 Å². The molecule has 0 radical (unpaired) electrons. The van der Waals surface area contributed by atoms with Crippen LogP contribution in [0.5, 0.6) is 0 Å². The van der Waals surface area contributed by atoms with Crippen LogP contribution in [0.4, 0.5) is 19.0 Å². The van der Waals surface area contributed by atoms with Gasteiger partial charge in [0.05, 0.1) is 19.6 Å². The SMILES string of the molecule is COC(=O)CC(O)CNC(=O)C1CCN(c2ccc3nnc(C(F)(F)F)n3n2)CC1. The Morgan fingerprint density at radius 1 is 1.30 bits per heavy atom. The molecule has 164 valence electrons. The number of alkyl halides is 3. The molecule has 1 unspecified atom stereocenters. The minimum Gasteiger partial charge on any atom is -0.469 e. The summed E-state index contributed by atoms with van der Waals surface area (Å²) in [6.07, 6.45) is -5.00. The Hall–Kier alpha value is -2.96. The van der Waals surface area contributed by atoms with E-state index in [-0.39, 0.29) is 30.4 Å². The number of aliphatic hydroxyl groups is 1. The van der Waals surface area contributed by atoms with Gasteiger partial charge in [0.15, 0.2) is 5.65 Å². The van der Waals surface area contributed by atoms with Gasteiger partial charge in [-0.3, -0.25) is 9.59 Å². The van der Waals surface area contributed by atoms with Gasteiger partial charge >= 0.3 is 12.1 Å². The largest absolute Gasteiger partial charge is 0.469 e. The minimum atomic E-state index is -4.67. The zero-order valence-corrected chi connectivity index (χ0v) is 16.1. The molecule has 0 spiro atoms. The molecule has 2 N–H and O–H groups in total. The van der Waals surface area contributed by atoms with Gasteiger partial charge in [0.25, 0.3) is 5.82 Å². The quantitative estimate of drug-likeness (QED) is 0.632. The van der Waals surface area contributed by atoms with E-state index < -0.39 is 24.1 Å². The number of aromatic nitrogens is 4. The van der Waals surface area contributed by atoms with Crippen LogP contribution in [0.2, 0.25) is 0 Å². The Labute approximate surface area is 169 Å². The first-order valence-corrected chi connectivity index (χ1v) is 9.26. The van der Waals surface area contributed by atoms with Crippen molar-refractivity contribution in [2.24, 2.45) is 5.92 Å². The van der Waals surface area contributed by atoms with Crippen molar-refractivity contribution in [3.63, 3.8) is 0 Å². The Balaban J connectivity index is 1.56. The number of aliphatic hydroxyl groups excluding tert-OH is 1. The molecule has 0 aliphatic carbocycles. The number of carbonyl (C=O) groups excluding carboxylic acids is 2. The van der Waals surface area contributed by atoms with Crippen LogP contribution < -0.4 is 10.2 Å². The number of amides is 1. The standard InChI is InChI=1S/C17H21F3N6O4/c1-30-14(28)8-11(27)9-21-15(29)10-4-6-25(7-5-10)13-3-2-12-22-23-16(17(18,19)20)26(12)24-13/h2-3,10-11,27H,4-9H2,1H3,(H,21,29). The summed E-state index contributed by atoms with van der Waals surface area (Å²) in [5, 5.41) is 23.0. The number of nitrogens with one attached hydrogen (secondary N) is 1. The van der Waals surface area contributed by atoms with E-state index in [4.69, 9.17) is 0 Å². The normalized spacial score (nSPS) is 16.5. The summed E-state index contributed by atoms with van der Waals surface area (Å²) in [6, 6.07) is 2.97. The zero-order chi connectivity index (χ0) is 21.9. The Bertz CT molecular complexity index is 911. The fraction of sp³-hybridized carbons (Fsp3) is 0.588. The van der Waals surface area contributed by atoms with Crippen molar-refractivity contribution in [2.45, 2.75) is 31.5 Å². The van der Waals surface area contributed by atoms with Crippen LogP contribution in [0.15, 0.2) is 12.1 Å². The van der Waals surface area contributed by atoms with Crippen LogP contribution in [0.3, 0.4) is 0 Å². The molecule has 1 atom stereocenters. The number of anilines is 1. The highest BCUT2D eigenvalue weighted by Gasteiger charge is 2.38. The van der Waals surface area contributed by atoms with Crippen molar-refractivity contribution in [3.05, 3.63) is 18.0 Å². The predicted molar refractivity (Wildman–Crippen MR) is 96.4 cm³/mol. The lowest BCUT2D eigenvalue weighted by Gasteiger charge is -2.32. The van der Waals surface area contributed by atoms with Gasteiger partial charge in [-0.15, -0.1) is 15.3 Å². The number of rotatable bonds is 6. The second-order valence-corrected chi connectivity index (χ2v) is 6.92. The first-order valence-electron chi connectivity index (χ1n) is 9.26. The summed E-state index contributed by atoms with van der Waals surface area (Å²) in [7, 11) is 1.21. The third-order valence-corrected chi connectivity index (χ3v) is 4.83. The number of methoxy groups -OCH3 is 1. The maximum atomic E-state index is 13.0. The smallest absolute Gasteiger partial charge is 0.453 e. The third kappa shape index (κ3) is 4.96. The molecule has 13 heteroatoms. The summed E-state index contributed by atoms with van der Waals surface area (Å²) in [5.41, 5.74) is -0.00847.